The fraction of sp³-hybridized carbons (Fsp3) is 0.133. The summed E-state index contributed by atoms with van der Waals surface area (Å²) in [4.78, 5) is 23.8. The Morgan fingerprint density at radius 3 is 1.87 bits per heavy atom. The zero-order valence-corrected chi connectivity index (χ0v) is 24.2. The number of amides is 1. The maximum absolute atomic E-state index is 13.3. The predicted octanol–water partition coefficient (Wildman–Crippen LogP) is 7.27. The van der Waals surface area contributed by atoms with Crippen LogP contribution in [0.2, 0.25) is 5.02 Å². The highest BCUT2D eigenvalue weighted by molar-refractivity contribution is 7.92. The highest BCUT2D eigenvalue weighted by Crippen LogP contribution is 2.38. The standard InChI is InChI=1S/C30H21ClF6N2O5S/c31-22-10-11-25(39-45(43,44)23-14-20(29(32,33)34)13-21(15-23)30(35,36)37)24(16-22)27(40)38-26(28(41)42)12-17-6-8-19(9-7-17)18-4-2-1-3-5-18/h1-11,13-16,26,39H,12H2,(H,38,40)(H,41,42)/t26-/m0/s1. The van der Waals surface area contributed by atoms with E-state index in [0.29, 0.717) is 5.56 Å². The molecule has 4 aromatic carbocycles. The van der Waals surface area contributed by atoms with Gasteiger partial charge in [-0.05, 0) is 53.1 Å². The highest BCUT2D eigenvalue weighted by atomic mass is 35.5. The van der Waals surface area contributed by atoms with Crippen LogP contribution in [-0.2, 0) is 33.6 Å². The minimum atomic E-state index is -5.31. The molecule has 0 saturated carbocycles. The van der Waals surface area contributed by atoms with Crippen molar-refractivity contribution >= 4 is 39.2 Å². The van der Waals surface area contributed by atoms with E-state index in [9.17, 15) is 49.5 Å². The van der Waals surface area contributed by atoms with Crippen molar-refractivity contribution in [3.8, 4) is 11.1 Å². The number of aliphatic carboxylic acids is 1. The van der Waals surface area contributed by atoms with E-state index in [2.05, 4.69) is 5.32 Å². The molecule has 0 aliphatic heterocycles. The molecule has 3 N–H and O–H groups in total. The fourth-order valence-electron chi connectivity index (χ4n) is 4.21. The largest absolute Gasteiger partial charge is 0.480 e. The number of carboxylic acids is 1. The Balaban J connectivity index is 1.61. The lowest BCUT2D eigenvalue weighted by molar-refractivity contribution is -0.143. The Kier molecular flexibility index (Phi) is 9.49. The van der Waals surface area contributed by atoms with Gasteiger partial charge in [-0.15, -0.1) is 0 Å². The normalized spacial score (nSPS) is 12.8. The fourth-order valence-corrected chi connectivity index (χ4v) is 5.54. The van der Waals surface area contributed by atoms with Crippen molar-refractivity contribution in [2.75, 3.05) is 4.72 Å². The van der Waals surface area contributed by atoms with Gasteiger partial charge in [-0.25, -0.2) is 13.2 Å². The quantitative estimate of drug-likeness (QED) is 0.162. The second kappa shape index (κ2) is 12.8. The second-order valence-electron chi connectivity index (χ2n) is 9.67. The molecule has 4 aromatic rings. The van der Waals surface area contributed by atoms with Crippen molar-refractivity contribution in [2.24, 2.45) is 0 Å². The van der Waals surface area contributed by atoms with Crippen molar-refractivity contribution < 1.29 is 49.5 Å². The molecule has 0 spiro atoms. The number of anilines is 1. The summed E-state index contributed by atoms with van der Waals surface area (Å²) in [6.45, 7) is 0. The van der Waals surface area contributed by atoms with Crippen molar-refractivity contribution in [3.05, 3.63) is 118 Å². The first-order valence-electron chi connectivity index (χ1n) is 12.7. The number of halogens is 7. The van der Waals surface area contributed by atoms with Crippen LogP contribution in [0, 0.1) is 0 Å². The summed E-state index contributed by atoms with van der Waals surface area (Å²) in [5.41, 5.74) is -2.56. The summed E-state index contributed by atoms with van der Waals surface area (Å²) >= 11 is 5.96. The Morgan fingerprint density at radius 2 is 1.33 bits per heavy atom. The molecule has 7 nitrogen and oxygen atoms in total. The van der Waals surface area contributed by atoms with E-state index >= 15 is 0 Å². The van der Waals surface area contributed by atoms with Crippen LogP contribution in [0.15, 0.2) is 95.9 Å². The van der Waals surface area contributed by atoms with Gasteiger partial charge in [-0.2, -0.15) is 26.3 Å². The number of carbonyl (C=O) groups is 2. The van der Waals surface area contributed by atoms with Crippen LogP contribution in [0.1, 0.15) is 27.0 Å². The average molecular weight is 671 g/mol. The Hall–Kier alpha value is -4.56. The molecule has 0 fully saturated rings. The monoisotopic (exact) mass is 670 g/mol. The van der Waals surface area contributed by atoms with E-state index < -0.39 is 67.6 Å². The molecule has 0 unspecified atom stereocenters. The highest BCUT2D eigenvalue weighted by Gasteiger charge is 2.38. The molecule has 15 heteroatoms. The molecule has 0 heterocycles. The summed E-state index contributed by atoms with van der Waals surface area (Å²) < 4.78 is 108. The maximum atomic E-state index is 13.3. The number of sulfonamides is 1. The first-order chi connectivity index (χ1) is 20.9. The molecule has 0 bridgehead atoms. The van der Waals surface area contributed by atoms with Gasteiger partial charge in [0.05, 0.1) is 27.3 Å². The molecule has 0 radical (unpaired) electrons. The van der Waals surface area contributed by atoms with Crippen LogP contribution in [0.25, 0.3) is 11.1 Å². The average Bonchev–Trinajstić information content (AvgIpc) is 2.97. The molecule has 0 aliphatic rings. The van der Waals surface area contributed by atoms with Crippen LogP contribution in [0.4, 0.5) is 32.0 Å². The number of carbonyl (C=O) groups excluding carboxylic acids is 1. The molecule has 45 heavy (non-hydrogen) atoms. The van der Waals surface area contributed by atoms with E-state index in [0.717, 1.165) is 29.3 Å². The zero-order valence-electron chi connectivity index (χ0n) is 22.6. The molecule has 0 aromatic heterocycles. The number of carboxylic acid groups (broad SMARTS) is 1. The number of alkyl halides is 6. The topological polar surface area (TPSA) is 113 Å². The Bertz CT molecular complexity index is 1800. The van der Waals surface area contributed by atoms with E-state index in [1.54, 1.807) is 24.3 Å². The third-order valence-electron chi connectivity index (χ3n) is 6.45. The minimum Gasteiger partial charge on any atom is -0.480 e. The SMILES string of the molecule is O=C(N[C@@H](Cc1ccc(-c2ccccc2)cc1)C(=O)O)c1cc(Cl)ccc1NS(=O)(=O)c1cc(C(F)(F)F)cc(C(F)(F)F)c1. The van der Waals surface area contributed by atoms with Crippen LogP contribution in [-0.4, -0.2) is 31.4 Å². The van der Waals surface area contributed by atoms with Crippen LogP contribution in [0.5, 0.6) is 0 Å². The third kappa shape index (κ3) is 8.34. The zero-order chi connectivity index (χ0) is 33.2. The van der Waals surface area contributed by atoms with Crippen molar-refractivity contribution in [3.63, 3.8) is 0 Å². The van der Waals surface area contributed by atoms with Gasteiger partial charge in [-0.1, -0.05) is 66.2 Å². The lowest BCUT2D eigenvalue weighted by Gasteiger charge is -2.18. The summed E-state index contributed by atoms with van der Waals surface area (Å²) in [7, 11) is -5.16. The van der Waals surface area contributed by atoms with Gasteiger partial charge < -0.3 is 10.4 Å². The number of hydrogen-bond acceptors (Lipinski definition) is 4. The smallest absolute Gasteiger partial charge is 0.416 e. The summed E-state index contributed by atoms with van der Waals surface area (Å²) in [6.07, 6.45) is -10.8. The van der Waals surface area contributed by atoms with Gasteiger partial charge in [-0.3, -0.25) is 9.52 Å². The van der Waals surface area contributed by atoms with Crippen molar-refractivity contribution in [1.82, 2.24) is 5.32 Å². The predicted molar refractivity (Wildman–Crippen MR) is 153 cm³/mol. The van der Waals surface area contributed by atoms with E-state index in [-0.39, 0.29) is 29.6 Å². The first-order valence-corrected chi connectivity index (χ1v) is 14.6. The van der Waals surface area contributed by atoms with Gasteiger partial charge in [0.1, 0.15) is 6.04 Å². The molecular weight excluding hydrogens is 650 g/mol. The minimum absolute atomic E-state index is 0.0107. The Labute approximate surface area is 257 Å². The summed E-state index contributed by atoms with van der Waals surface area (Å²) in [5.74, 6) is -2.58. The molecule has 4 rings (SSSR count). The molecule has 236 valence electrons. The van der Waals surface area contributed by atoms with Crippen molar-refractivity contribution in [2.45, 2.75) is 29.7 Å². The summed E-state index contributed by atoms with van der Waals surface area (Å²) in [5, 5.41) is 11.9. The molecule has 0 saturated heterocycles. The lowest BCUT2D eigenvalue weighted by atomic mass is 10.0. The van der Waals surface area contributed by atoms with Crippen LogP contribution < -0.4 is 10.0 Å². The van der Waals surface area contributed by atoms with Gasteiger partial charge in [0.25, 0.3) is 15.9 Å². The third-order valence-corrected chi connectivity index (χ3v) is 8.03. The molecule has 1 amide bonds. The molecule has 0 aliphatic carbocycles. The molecule has 1 atom stereocenters. The van der Waals surface area contributed by atoms with E-state index in [1.807, 2.05) is 35.1 Å². The summed E-state index contributed by atoms with van der Waals surface area (Å²) in [6, 6.07) is 17.4. The number of nitrogens with one attached hydrogen (secondary N) is 2. The van der Waals surface area contributed by atoms with Gasteiger partial charge in [0, 0.05) is 11.4 Å². The van der Waals surface area contributed by atoms with Crippen LogP contribution in [0.3, 0.4) is 0 Å². The Morgan fingerprint density at radius 1 is 0.778 bits per heavy atom. The van der Waals surface area contributed by atoms with Crippen LogP contribution >= 0.6 is 11.6 Å². The van der Waals surface area contributed by atoms with E-state index in [1.165, 1.54) is 0 Å². The van der Waals surface area contributed by atoms with Gasteiger partial charge in [0.15, 0.2) is 0 Å². The van der Waals surface area contributed by atoms with Gasteiger partial charge >= 0.3 is 18.3 Å². The number of rotatable bonds is 9. The lowest BCUT2D eigenvalue weighted by Crippen LogP contribution is -2.42. The molecular formula is C30H21ClF6N2O5S. The maximum Gasteiger partial charge on any atom is 0.416 e. The second-order valence-corrected chi connectivity index (χ2v) is 11.8. The first kappa shape index (κ1) is 33.3. The van der Waals surface area contributed by atoms with E-state index in [4.69, 9.17) is 11.6 Å². The van der Waals surface area contributed by atoms with Gasteiger partial charge in [0.2, 0.25) is 0 Å². The number of benzene rings is 4. The van der Waals surface area contributed by atoms with Crippen molar-refractivity contribution in [1.29, 1.82) is 0 Å². The number of hydrogen-bond donors (Lipinski definition) is 3.